The van der Waals surface area contributed by atoms with Crippen LogP contribution >= 0.6 is 0 Å². The third-order valence-corrected chi connectivity index (χ3v) is 2.54. The van der Waals surface area contributed by atoms with Crippen molar-refractivity contribution in [1.29, 1.82) is 0 Å². The van der Waals surface area contributed by atoms with Gasteiger partial charge >= 0.3 is 6.18 Å². The molecule has 0 bridgehead atoms. The highest BCUT2D eigenvalue weighted by atomic mass is 19.4. The molecule has 0 aliphatic heterocycles. The summed E-state index contributed by atoms with van der Waals surface area (Å²) in [6.45, 7) is 2.27. The smallest absolute Gasteiger partial charge is 0.372 e. The summed E-state index contributed by atoms with van der Waals surface area (Å²) in [6, 6.07) is 2.18. The van der Waals surface area contributed by atoms with Gasteiger partial charge in [-0.1, -0.05) is 0 Å². The van der Waals surface area contributed by atoms with Crippen LogP contribution in [0.25, 0.3) is 0 Å². The topological polar surface area (TPSA) is 63.2 Å². The second-order valence-corrected chi connectivity index (χ2v) is 4.03. The molecule has 0 unspecified atom stereocenters. The SMILES string of the molecule is CO[C@H](C)C(=O)NCCNc1ccc(C(F)(F)F)cn1. The number of amides is 1. The van der Waals surface area contributed by atoms with Crippen molar-refractivity contribution in [3.63, 3.8) is 0 Å². The van der Waals surface area contributed by atoms with Crippen molar-refractivity contribution < 1.29 is 22.7 Å². The third-order valence-electron chi connectivity index (χ3n) is 2.54. The van der Waals surface area contributed by atoms with Crippen LogP contribution in [-0.2, 0) is 15.7 Å². The standard InChI is InChI=1S/C12H16F3N3O2/c1-8(20-2)11(19)17-6-5-16-10-4-3-9(7-18-10)12(13,14)15/h3-4,7-8H,5-6H2,1-2H3,(H,16,18)(H,17,19)/t8-/m1/s1. The lowest BCUT2D eigenvalue weighted by Crippen LogP contribution is -2.36. The van der Waals surface area contributed by atoms with E-state index >= 15 is 0 Å². The minimum atomic E-state index is -4.39. The van der Waals surface area contributed by atoms with E-state index in [4.69, 9.17) is 4.74 Å². The van der Waals surface area contributed by atoms with Crippen LogP contribution in [0.3, 0.4) is 0 Å². The van der Waals surface area contributed by atoms with E-state index in [2.05, 4.69) is 15.6 Å². The molecule has 0 saturated heterocycles. The molecule has 0 aliphatic rings. The summed E-state index contributed by atoms with van der Waals surface area (Å²) in [5.41, 5.74) is -0.801. The first-order chi connectivity index (χ1) is 9.34. The summed E-state index contributed by atoms with van der Waals surface area (Å²) >= 11 is 0. The van der Waals surface area contributed by atoms with Crippen LogP contribution in [0.5, 0.6) is 0 Å². The van der Waals surface area contributed by atoms with Crippen molar-refractivity contribution >= 4 is 11.7 Å². The Morgan fingerprint density at radius 3 is 2.60 bits per heavy atom. The number of ether oxygens (including phenoxy) is 1. The zero-order valence-electron chi connectivity index (χ0n) is 11.1. The summed E-state index contributed by atoms with van der Waals surface area (Å²) in [5, 5.41) is 5.41. The summed E-state index contributed by atoms with van der Waals surface area (Å²) in [5.74, 6) is 0.0571. The molecule has 1 rings (SSSR count). The minimum Gasteiger partial charge on any atom is -0.372 e. The Morgan fingerprint density at radius 1 is 1.40 bits per heavy atom. The highest BCUT2D eigenvalue weighted by Crippen LogP contribution is 2.28. The number of methoxy groups -OCH3 is 1. The molecule has 0 aliphatic carbocycles. The molecule has 0 saturated carbocycles. The molecular formula is C12H16F3N3O2. The van der Waals surface area contributed by atoms with E-state index in [1.165, 1.54) is 13.2 Å². The van der Waals surface area contributed by atoms with Gasteiger partial charge in [-0.05, 0) is 19.1 Å². The maximum absolute atomic E-state index is 12.3. The van der Waals surface area contributed by atoms with E-state index in [0.29, 0.717) is 18.9 Å². The van der Waals surface area contributed by atoms with Crippen molar-refractivity contribution in [2.24, 2.45) is 0 Å². The van der Waals surface area contributed by atoms with Gasteiger partial charge in [0.1, 0.15) is 11.9 Å². The van der Waals surface area contributed by atoms with Gasteiger partial charge in [-0.25, -0.2) is 4.98 Å². The molecule has 0 fully saturated rings. The van der Waals surface area contributed by atoms with E-state index in [0.717, 1.165) is 12.3 Å². The predicted octanol–water partition coefficient (Wildman–Crippen LogP) is 1.66. The van der Waals surface area contributed by atoms with Crippen molar-refractivity contribution in [3.05, 3.63) is 23.9 Å². The fourth-order valence-corrected chi connectivity index (χ4v) is 1.29. The highest BCUT2D eigenvalue weighted by molar-refractivity contribution is 5.80. The first-order valence-corrected chi connectivity index (χ1v) is 5.92. The number of nitrogens with one attached hydrogen (secondary N) is 2. The lowest BCUT2D eigenvalue weighted by Gasteiger charge is -2.11. The monoisotopic (exact) mass is 291 g/mol. The number of carbonyl (C=O) groups excluding carboxylic acids is 1. The van der Waals surface area contributed by atoms with Crippen LogP contribution in [0.1, 0.15) is 12.5 Å². The van der Waals surface area contributed by atoms with Crippen LogP contribution in [0, 0.1) is 0 Å². The summed E-state index contributed by atoms with van der Waals surface area (Å²) < 4.78 is 41.7. The molecule has 8 heteroatoms. The summed E-state index contributed by atoms with van der Waals surface area (Å²) in [6.07, 6.45) is -4.18. The average molecular weight is 291 g/mol. The molecule has 1 aromatic rings. The number of alkyl halides is 3. The van der Waals surface area contributed by atoms with Crippen molar-refractivity contribution in [1.82, 2.24) is 10.3 Å². The molecular weight excluding hydrogens is 275 g/mol. The van der Waals surface area contributed by atoms with Crippen molar-refractivity contribution in [3.8, 4) is 0 Å². The Bertz CT molecular complexity index is 435. The zero-order valence-corrected chi connectivity index (χ0v) is 11.1. The lowest BCUT2D eigenvalue weighted by molar-refractivity contribution is -0.137. The van der Waals surface area contributed by atoms with Gasteiger partial charge in [0.05, 0.1) is 5.56 Å². The van der Waals surface area contributed by atoms with Crippen molar-refractivity contribution in [2.45, 2.75) is 19.2 Å². The number of pyridine rings is 1. The molecule has 112 valence electrons. The number of halogens is 3. The normalized spacial score (nSPS) is 12.8. The maximum atomic E-state index is 12.3. The largest absolute Gasteiger partial charge is 0.417 e. The Balaban J connectivity index is 2.34. The second kappa shape index (κ2) is 7.09. The van der Waals surface area contributed by atoms with E-state index < -0.39 is 17.8 Å². The Hall–Kier alpha value is -1.83. The van der Waals surface area contributed by atoms with E-state index in [9.17, 15) is 18.0 Å². The molecule has 20 heavy (non-hydrogen) atoms. The summed E-state index contributed by atoms with van der Waals surface area (Å²) in [7, 11) is 1.43. The predicted molar refractivity (Wildman–Crippen MR) is 67.2 cm³/mol. The van der Waals surface area contributed by atoms with E-state index in [1.807, 2.05) is 0 Å². The fraction of sp³-hybridized carbons (Fsp3) is 0.500. The van der Waals surface area contributed by atoms with Gasteiger partial charge in [0.15, 0.2) is 0 Å². The van der Waals surface area contributed by atoms with Crippen molar-refractivity contribution in [2.75, 3.05) is 25.5 Å². The number of hydrogen-bond donors (Lipinski definition) is 2. The van der Waals surface area contributed by atoms with Crippen LogP contribution in [0.4, 0.5) is 19.0 Å². The Kier molecular flexibility index (Phi) is 5.75. The first-order valence-electron chi connectivity index (χ1n) is 5.92. The molecule has 0 aromatic carbocycles. The average Bonchev–Trinajstić information content (AvgIpc) is 2.42. The molecule has 1 atom stereocenters. The van der Waals surface area contributed by atoms with Gasteiger partial charge < -0.3 is 15.4 Å². The maximum Gasteiger partial charge on any atom is 0.417 e. The molecule has 0 radical (unpaired) electrons. The van der Waals surface area contributed by atoms with Gasteiger partial charge in [-0.2, -0.15) is 13.2 Å². The Morgan fingerprint density at radius 2 is 2.10 bits per heavy atom. The molecule has 2 N–H and O–H groups in total. The van der Waals surface area contributed by atoms with E-state index in [1.54, 1.807) is 6.92 Å². The Labute approximate surface area is 114 Å². The van der Waals surface area contributed by atoms with Gasteiger partial charge in [0.25, 0.3) is 0 Å². The number of anilines is 1. The lowest BCUT2D eigenvalue weighted by atomic mass is 10.3. The van der Waals surface area contributed by atoms with Gasteiger partial charge in [-0.3, -0.25) is 4.79 Å². The van der Waals surface area contributed by atoms with Gasteiger partial charge in [-0.15, -0.1) is 0 Å². The van der Waals surface area contributed by atoms with E-state index in [-0.39, 0.29) is 5.91 Å². The number of hydrogen-bond acceptors (Lipinski definition) is 4. The third kappa shape index (κ3) is 5.04. The van der Waals surface area contributed by atoms with Gasteiger partial charge in [0, 0.05) is 26.4 Å². The molecule has 1 aromatic heterocycles. The molecule has 0 spiro atoms. The van der Waals surface area contributed by atoms with Crippen LogP contribution < -0.4 is 10.6 Å². The summed E-state index contributed by atoms with van der Waals surface area (Å²) in [4.78, 5) is 15.0. The molecule has 1 heterocycles. The molecule has 5 nitrogen and oxygen atoms in total. The van der Waals surface area contributed by atoms with Gasteiger partial charge in [0.2, 0.25) is 5.91 Å². The number of rotatable bonds is 6. The van der Waals surface area contributed by atoms with Crippen LogP contribution in [-0.4, -0.2) is 37.2 Å². The van der Waals surface area contributed by atoms with Crippen LogP contribution in [0.2, 0.25) is 0 Å². The highest BCUT2D eigenvalue weighted by Gasteiger charge is 2.30. The molecule has 1 amide bonds. The van der Waals surface area contributed by atoms with Crippen LogP contribution in [0.15, 0.2) is 18.3 Å². The quantitative estimate of drug-likeness (QED) is 0.783. The minimum absolute atomic E-state index is 0.255. The number of carbonyl (C=O) groups is 1. The second-order valence-electron chi connectivity index (χ2n) is 4.03. The number of nitrogens with zero attached hydrogens (tertiary/aromatic N) is 1. The zero-order chi connectivity index (χ0) is 15.2. The number of aromatic nitrogens is 1. The first kappa shape index (κ1) is 16.2. The fourth-order valence-electron chi connectivity index (χ4n) is 1.29.